The van der Waals surface area contributed by atoms with Gasteiger partial charge in [0.05, 0.1) is 72.1 Å². The predicted molar refractivity (Wildman–Crippen MR) is 532 cm³/mol. The first-order valence-electron chi connectivity index (χ1n) is 43.4. The van der Waals surface area contributed by atoms with Gasteiger partial charge in [0, 0.05) is 96.1 Å². The molecule has 8 aromatic heterocycles. The average molecular weight is 1660 g/mol. The van der Waals surface area contributed by atoms with E-state index in [2.05, 4.69) is 404 Å². The van der Waals surface area contributed by atoms with Crippen LogP contribution in [-0.4, -0.2) is 43.6 Å². The van der Waals surface area contributed by atoms with Crippen LogP contribution in [0.4, 0.5) is 0 Å². The summed E-state index contributed by atoms with van der Waals surface area (Å²) in [4.78, 5) is 31.3. The minimum atomic E-state index is -0.0676. The molecule has 0 atom stereocenters. The van der Waals surface area contributed by atoms with E-state index in [1.54, 1.807) is 0 Å². The number of hydrogen-bond acceptors (Lipinski definition) is 8. The van der Waals surface area contributed by atoms with Crippen molar-refractivity contribution in [3.63, 3.8) is 0 Å². The van der Waals surface area contributed by atoms with Gasteiger partial charge in [0.2, 0.25) is 17.8 Å². The second-order valence-corrected chi connectivity index (χ2v) is 34.6. The van der Waals surface area contributed by atoms with Crippen molar-refractivity contribution < 1.29 is 4.42 Å². The van der Waals surface area contributed by atoms with Crippen LogP contribution in [0.15, 0.2) is 423 Å². The Labute approximate surface area is 739 Å². The fraction of sp³-hybridized carbons (Fsp3) is 0.0256. The van der Waals surface area contributed by atoms with Gasteiger partial charge in [-0.1, -0.05) is 354 Å². The Morgan fingerprint density at radius 2 is 0.602 bits per heavy atom. The van der Waals surface area contributed by atoms with E-state index in [4.69, 9.17) is 34.3 Å². The molecule has 128 heavy (non-hydrogen) atoms. The van der Waals surface area contributed by atoms with E-state index in [9.17, 15) is 0 Å². The number of nitrogens with zero attached hydrogens (tertiary/aromatic N) is 9. The van der Waals surface area contributed by atoms with Crippen LogP contribution in [0.3, 0.4) is 0 Å². The molecule has 27 rings (SSSR count). The molecule has 18 aromatic carbocycles. The molecule has 0 unspecified atom stereocenters. The lowest BCUT2D eigenvalue weighted by atomic mass is 9.82. The van der Waals surface area contributed by atoms with Crippen molar-refractivity contribution in [3.8, 4) is 96.1 Å². The SMILES string of the molecule is CC1(C)c2ccccc2-c2cc3c(cc21)c1ccccc1n3-c1nc(-c2ccc(-c3ccccc3)cc2)c2ccccc2n1.c1ccc(-c2ccc(-c3nc(-n4c5ccccc5c5c6oc7ccccc7c6ccc54)nc4ccccc34)cc2)cc1.c1ccc(-c2ccc(-c3nc(-n4c5ccccc5c5c6sc7ccccc7c6ccc54)nc4ccccc34)cc2)cc1. The second-order valence-electron chi connectivity index (χ2n) is 33.5. The third kappa shape index (κ3) is 12.1. The van der Waals surface area contributed by atoms with Gasteiger partial charge in [0.1, 0.15) is 11.2 Å². The highest BCUT2D eigenvalue weighted by Gasteiger charge is 2.37. The number of furan rings is 1. The Hall–Kier alpha value is -16.6. The lowest BCUT2D eigenvalue weighted by Gasteiger charge is -2.21. The first-order chi connectivity index (χ1) is 63.2. The molecule has 1 aliphatic carbocycles. The van der Waals surface area contributed by atoms with E-state index in [1.165, 1.54) is 97.4 Å². The molecule has 26 aromatic rings. The molecule has 0 N–H and O–H groups in total. The second kappa shape index (κ2) is 29.8. The molecule has 8 heterocycles. The summed E-state index contributed by atoms with van der Waals surface area (Å²) in [5.74, 6) is 2.00. The number of rotatable bonds is 9. The molecule has 11 heteroatoms. The largest absolute Gasteiger partial charge is 0.455 e. The van der Waals surface area contributed by atoms with Gasteiger partial charge in [-0.2, -0.15) is 0 Å². The molecule has 0 saturated carbocycles. The van der Waals surface area contributed by atoms with Gasteiger partial charge in [-0.25, -0.2) is 29.9 Å². The maximum atomic E-state index is 6.48. The standard InChI is InChI=1S/C41H29N3.C38H23N3O.C38H23N3S/c1-41(2)34-17-9-6-14-29(34)32-25-38-33(24-35(32)41)30-15-8-11-19-37(30)44(38)40-42-36-18-10-7-16-31(36)39(43-40)28-22-20-27(21-23-28)26-12-4-3-5-13-26;2*1-2-10-24(11-3-1)25-18-20-26(21-19-25)36-29-13-4-7-15-31(29)39-38(40-36)41-32-16-8-5-14-30(32)35-33(41)23-22-28-27-12-6-9-17-34(27)42-37(28)35/h3-25H,1-2H3;2*1-23H. The lowest BCUT2D eigenvalue weighted by Crippen LogP contribution is -2.14. The normalized spacial score (nSPS) is 12.4. The quantitative estimate of drug-likeness (QED) is 0.142. The highest BCUT2D eigenvalue weighted by atomic mass is 32.1. The third-order valence-electron chi connectivity index (χ3n) is 25.9. The number of hydrogen-bond donors (Lipinski definition) is 0. The van der Waals surface area contributed by atoms with E-state index in [0.29, 0.717) is 17.8 Å². The topological polar surface area (TPSA) is 105 Å². The van der Waals surface area contributed by atoms with E-state index in [-0.39, 0.29) is 5.41 Å². The minimum Gasteiger partial charge on any atom is -0.455 e. The maximum Gasteiger partial charge on any atom is 0.235 e. The van der Waals surface area contributed by atoms with Crippen molar-refractivity contribution in [2.24, 2.45) is 0 Å². The molecular formula is C117H75N9OS. The minimum absolute atomic E-state index is 0.0676. The van der Waals surface area contributed by atoms with E-state index in [1.807, 2.05) is 53.8 Å². The summed E-state index contributed by atoms with van der Waals surface area (Å²) in [6.45, 7) is 4.68. The molecule has 0 radical (unpaired) electrons. The molecule has 600 valence electrons. The van der Waals surface area contributed by atoms with Crippen LogP contribution in [0.5, 0.6) is 0 Å². The molecule has 0 amide bonds. The molecule has 0 saturated heterocycles. The van der Waals surface area contributed by atoms with Crippen molar-refractivity contribution in [3.05, 3.63) is 430 Å². The molecule has 0 spiro atoms. The van der Waals surface area contributed by atoms with Crippen LogP contribution in [-0.2, 0) is 5.41 Å². The van der Waals surface area contributed by atoms with Gasteiger partial charge in [0.15, 0.2) is 0 Å². The maximum absolute atomic E-state index is 6.48. The van der Waals surface area contributed by atoms with Gasteiger partial charge in [-0.05, 0) is 134 Å². The Morgan fingerprint density at radius 1 is 0.234 bits per heavy atom. The lowest BCUT2D eigenvalue weighted by molar-refractivity contribution is 0.661. The summed E-state index contributed by atoms with van der Waals surface area (Å²) >= 11 is 1.86. The van der Waals surface area contributed by atoms with Gasteiger partial charge >= 0.3 is 0 Å². The van der Waals surface area contributed by atoms with Crippen LogP contribution >= 0.6 is 11.3 Å². The van der Waals surface area contributed by atoms with E-state index in [0.717, 1.165) is 132 Å². The van der Waals surface area contributed by atoms with Crippen LogP contribution < -0.4 is 0 Å². The third-order valence-corrected chi connectivity index (χ3v) is 27.1. The van der Waals surface area contributed by atoms with Gasteiger partial charge < -0.3 is 4.42 Å². The van der Waals surface area contributed by atoms with E-state index >= 15 is 0 Å². The Balaban J connectivity index is 0.000000104. The molecule has 0 fully saturated rings. The molecular weight excluding hydrogens is 1580 g/mol. The Kier molecular flexibility index (Phi) is 17.3. The van der Waals surface area contributed by atoms with Crippen molar-refractivity contribution in [2.45, 2.75) is 19.3 Å². The van der Waals surface area contributed by atoms with Crippen molar-refractivity contribution in [1.29, 1.82) is 0 Å². The molecule has 1 aliphatic rings. The van der Waals surface area contributed by atoms with Crippen molar-refractivity contribution >= 4 is 152 Å². The van der Waals surface area contributed by atoms with Gasteiger partial charge in [-0.15, -0.1) is 11.3 Å². The van der Waals surface area contributed by atoms with Crippen molar-refractivity contribution in [2.75, 3.05) is 0 Å². The molecule has 10 nitrogen and oxygen atoms in total. The van der Waals surface area contributed by atoms with Crippen molar-refractivity contribution in [1.82, 2.24) is 43.6 Å². The zero-order valence-electron chi connectivity index (χ0n) is 69.7. The molecule has 0 aliphatic heterocycles. The summed E-state index contributed by atoms with van der Waals surface area (Å²) in [5.41, 5.74) is 29.5. The monoisotopic (exact) mass is 1650 g/mol. The Morgan fingerprint density at radius 3 is 1.11 bits per heavy atom. The Bertz CT molecular complexity index is 8610. The summed E-state index contributed by atoms with van der Waals surface area (Å²) in [6, 6.07) is 147. The van der Waals surface area contributed by atoms with Crippen LogP contribution in [0.1, 0.15) is 25.0 Å². The predicted octanol–water partition coefficient (Wildman–Crippen LogP) is 30.8. The average Bonchev–Trinajstić information content (AvgIpc) is 1.56. The first-order valence-corrected chi connectivity index (χ1v) is 44.2. The number of fused-ring (bicyclic) bond motifs is 23. The number of para-hydroxylation sites is 7. The summed E-state index contributed by atoms with van der Waals surface area (Å²) in [5, 5.41) is 15.0. The number of aromatic nitrogens is 9. The summed E-state index contributed by atoms with van der Waals surface area (Å²) in [7, 11) is 0. The molecule has 0 bridgehead atoms. The van der Waals surface area contributed by atoms with E-state index < -0.39 is 0 Å². The zero-order chi connectivity index (χ0) is 84.7. The van der Waals surface area contributed by atoms with Crippen LogP contribution in [0.2, 0.25) is 0 Å². The summed E-state index contributed by atoms with van der Waals surface area (Å²) in [6.07, 6.45) is 0. The van der Waals surface area contributed by atoms with Crippen LogP contribution in [0.25, 0.3) is 236 Å². The smallest absolute Gasteiger partial charge is 0.235 e. The zero-order valence-corrected chi connectivity index (χ0v) is 70.5. The van der Waals surface area contributed by atoms with Gasteiger partial charge in [-0.3, -0.25) is 13.7 Å². The summed E-state index contributed by atoms with van der Waals surface area (Å²) < 4.78 is 15.8. The first kappa shape index (κ1) is 74.1. The van der Waals surface area contributed by atoms with Crippen LogP contribution in [0, 0.1) is 0 Å². The highest BCUT2D eigenvalue weighted by molar-refractivity contribution is 7.26. The highest BCUT2D eigenvalue weighted by Crippen LogP contribution is 2.52. The number of benzene rings is 18. The van der Waals surface area contributed by atoms with Gasteiger partial charge in [0.25, 0.3) is 0 Å². The fourth-order valence-corrected chi connectivity index (χ4v) is 21.0. The fourth-order valence-electron chi connectivity index (χ4n) is 19.8. The number of thiophene rings is 1.